The smallest absolute Gasteiger partial charge is 0.326 e. The normalized spacial score (nSPS) is 14.7. The van der Waals surface area contributed by atoms with Crippen LogP contribution in [0.25, 0.3) is 5.69 Å². The van der Waals surface area contributed by atoms with Gasteiger partial charge in [-0.1, -0.05) is 31.0 Å². The lowest BCUT2D eigenvalue weighted by molar-refractivity contribution is -0.141. The zero-order valence-corrected chi connectivity index (χ0v) is 22.7. The van der Waals surface area contributed by atoms with Crippen molar-refractivity contribution in [1.29, 1.82) is 0 Å². The van der Waals surface area contributed by atoms with Crippen LogP contribution in [-0.2, 0) is 18.3 Å². The van der Waals surface area contributed by atoms with Gasteiger partial charge in [0.05, 0.1) is 16.9 Å². The zero-order valence-electron chi connectivity index (χ0n) is 21.9. The molecule has 1 aliphatic carbocycles. The minimum Gasteiger partial charge on any atom is -0.326 e. The van der Waals surface area contributed by atoms with E-state index in [0.717, 1.165) is 29.5 Å². The van der Waals surface area contributed by atoms with Gasteiger partial charge in [-0.15, -0.1) is 12.4 Å². The van der Waals surface area contributed by atoms with Crippen LogP contribution >= 0.6 is 12.4 Å². The number of anilines is 1. The fourth-order valence-electron chi connectivity index (χ4n) is 4.72. The number of rotatable bonds is 9. The van der Waals surface area contributed by atoms with Crippen LogP contribution in [0.1, 0.15) is 58.6 Å². The first kappa shape index (κ1) is 30.2. The van der Waals surface area contributed by atoms with E-state index in [4.69, 9.17) is 11.5 Å². The van der Waals surface area contributed by atoms with Crippen molar-refractivity contribution < 1.29 is 22.4 Å². The highest BCUT2D eigenvalue weighted by Gasteiger charge is 2.37. The molecule has 1 amide bonds. The Morgan fingerprint density at radius 3 is 2.41 bits per heavy atom. The lowest BCUT2D eigenvalue weighted by atomic mass is 9.79. The average Bonchev–Trinajstić information content (AvgIpc) is 3.67. The lowest BCUT2D eigenvalue weighted by Crippen LogP contribution is -2.38. The summed E-state index contributed by atoms with van der Waals surface area (Å²) >= 11 is 0. The van der Waals surface area contributed by atoms with Crippen molar-refractivity contribution in [2.45, 2.75) is 43.9 Å². The Labute approximate surface area is 240 Å². The summed E-state index contributed by atoms with van der Waals surface area (Å²) in [7, 11) is 0. The minimum absolute atomic E-state index is 0. The van der Waals surface area contributed by atoms with Gasteiger partial charge < -0.3 is 16.8 Å². The monoisotopic (exact) mass is 588 g/mol. The van der Waals surface area contributed by atoms with Gasteiger partial charge in [0.15, 0.2) is 5.69 Å². The van der Waals surface area contributed by atoms with Gasteiger partial charge in [-0.25, -0.2) is 9.07 Å². The molecule has 0 spiro atoms. The zero-order chi connectivity index (χ0) is 28.5. The summed E-state index contributed by atoms with van der Waals surface area (Å²) in [5.41, 5.74) is 11.9. The highest BCUT2D eigenvalue weighted by atomic mass is 35.5. The van der Waals surface area contributed by atoms with Gasteiger partial charge in [-0.05, 0) is 71.8 Å². The molecule has 1 fully saturated rings. The van der Waals surface area contributed by atoms with Crippen molar-refractivity contribution in [3.05, 3.63) is 107 Å². The van der Waals surface area contributed by atoms with E-state index in [-0.39, 0.29) is 30.3 Å². The summed E-state index contributed by atoms with van der Waals surface area (Å²) in [6.07, 6.45) is 2.18. The number of amides is 1. The fourth-order valence-corrected chi connectivity index (χ4v) is 4.72. The van der Waals surface area contributed by atoms with Crippen molar-refractivity contribution in [2.24, 2.45) is 17.4 Å². The molecule has 1 unspecified atom stereocenters. The first-order valence-electron chi connectivity index (χ1n) is 12.9. The number of halogens is 5. The molecule has 0 saturated heterocycles. The maximum Gasteiger partial charge on any atom is 0.435 e. The van der Waals surface area contributed by atoms with Gasteiger partial charge in [0.2, 0.25) is 0 Å². The Bertz CT molecular complexity index is 1520. The molecule has 2 aromatic heterocycles. The van der Waals surface area contributed by atoms with Crippen molar-refractivity contribution in [3.8, 4) is 5.69 Å². The second-order valence-corrected chi connectivity index (χ2v) is 10.0. The van der Waals surface area contributed by atoms with Gasteiger partial charge in [0.1, 0.15) is 11.5 Å². The molecule has 1 saturated carbocycles. The summed E-state index contributed by atoms with van der Waals surface area (Å²) in [6.45, 7) is 0.139. The Balaban J connectivity index is 0.00000387. The van der Waals surface area contributed by atoms with E-state index < -0.39 is 34.8 Å². The highest BCUT2D eigenvalue weighted by Crippen LogP contribution is 2.40. The maximum atomic E-state index is 15.0. The van der Waals surface area contributed by atoms with Crippen LogP contribution in [0, 0.1) is 11.7 Å². The Kier molecular flexibility index (Phi) is 8.81. The largest absolute Gasteiger partial charge is 0.435 e. The van der Waals surface area contributed by atoms with Gasteiger partial charge >= 0.3 is 6.18 Å². The van der Waals surface area contributed by atoms with Gasteiger partial charge in [0.25, 0.3) is 5.91 Å². The molecule has 2 heterocycles. The molecule has 2 aromatic carbocycles. The first-order valence-corrected chi connectivity index (χ1v) is 12.9. The van der Waals surface area contributed by atoms with Crippen LogP contribution in [0.2, 0.25) is 0 Å². The molecular weight excluding hydrogens is 560 g/mol. The van der Waals surface area contributed by atoms with Gasteiger partial charge in [-0.2, -0.15) is 18.3 Å². The minimum atomic E-state index is -4.80. The summed E-state index contributed by atoms with van der Waals surface area (Å²) in [6, 6.07) is 14.7. The number of nitrogens with two attached hydrogens (primary N) is 2. The SMILES string of the molecule is Cl.NCc1cccc(-n2nc(C(F)(F)F)cc2C(=O)Nc2cc(C(N)(CCC3CC3)c3ccncc3)ccc2F)c1. The molecule has 41 heavy (non-hydrogen) atoms. The molecular formula is C29H29ClF4N6O. The van der Waals surface area contributed by atoms with Gasteiger partial charge in [0, 0.05) is 25.0 Å². The number of benzene rings is 2. The topological polar surface area (TPSA) is 112 Å². The standard InChI is InChI=1S/C29H28F4N6O.ClH/c30-23-7-6-21(28(35,11-8-18-4-5-18)20-9-12-36-13-10-20)15-24(23)37-27(40)25-16-26(29(31,32)33)38-39(25)22-3-1-2-19(14-22)17-34;/h1-3,6-7,9-10,12-16,18H,4-5,8,11,17,34-35H2,(H,37,40);1H. The number of carbonyl (C=O) groups excluding carboxylic acids is 1. The van der Waals surface area contributed by atoms with Crippen LogP contribution in [0.3, 0.4) is 0 Å². The van der Waals surface area contributed by atoms with E-state index >= 15 is 0 Å². The first-order chi connectivity index (χ1) is 19.1. The Morgan fingerprint density at radius 2 is 1.76 bits per heavy atom. The quantitative estimate of drug-likeness (QED) is 0.209. The van der Waals surface area contributed by atoms with Crippen LogP contribution in [0.5, 0.6) is 0 Å². The molecule has 12 heteroatoms. The molecule has 0 radical (unpaired) electrons. The van der Waals surface area contributed by atoms with Crippen molar-refractivity contribution in [3.63, 3.8) is 0 Å². The third kappa shape index (κ3) is 6.58. The maximum absolute atomic E-state index is 15.0. The average molecular weight is 589 g/mol. The van der Waals surface area contributed by atoms with E-state index in [1.807, 2.05) is 0 Å². The number of hydrogen-bond acceptors (Lipinski definition) is 5. The summed E-state index contributed by atoms with van der Waals surface area (Å²) < 4.78 is 56.6. The molecule has 0 bridgehead atoms. The van der Waals surface area contributed by atoms with Crippen LogP contribution in [0.15, 0.2) is 73.1 Å². The van der Waals surface area contributed by atoms with Crippen molar-refractivity contribution in [1.82, 2.24) is 14.8 Å². The van der Waals surface area contributed by atoms with E-state index in [0.29, 0.717) is 29.5 Å². The Hall–Kier alpha value is -3.80. The third-order valence-corrected chi connectivity index (χ3v) is 7.19. The third-order valence-electron chi connectivity index (χ3n) is 7.19. The van der Waals surface area contributed by atoms with E-state index in [1.165, 1.54) is 24.3 Å². The molecule has 216 valence electrons. The predicted octanol–water partition coefficient (Wildman–Crippen LogP) is 5.95. The number of alkyl halides is 3. The number of hydrogen-bond donors (Lipinski definition) is 3. The number of carbonyl (C=O) groups is 1. The van der Waals surface area contributed by atoms with Crippen LogP contribution in [0.4, 0.5) is 23.2 Å². The van der Waals surface area contributed by atoms with Crippen molar-refractivity contribution >= 4 is 24.0 Å². The number of pyridine rings is 1. The molecule has 5 rings (SSSR count). The predicted molar refractivity (Wildman–Crippen MR) is 149 cm³/mol. The fraction of sp³-hybridized carbons (Fsp3) is 0.276. The van der Waals surface area contributed by atoms with Crippen LogP contribution in [-0.4, -0.2) is 20.7 Å². The lowest BCUT2D eigenvalue weighted by Gasteiger charge is -2.31. The molecule has 5 N–H and O–H groups in total. The molecule has 7 nitrogen and oxygen atoms in total. The second kappa shape index (κ2) is 12.0. The number of aromatic nitrogens is 3. The molecule has 4 aromatic rings. The van der Waals surface area contributed by atoms with E-state index in [2.05, 4.69) is 15.4 Å². The number of nitrogens with zero attached hydrogens (tertiary/aromatic N) is 3. The number of nitrogens with one attached hydrogen (secondary N) is 1. The highest BCUT2D eigenvalue weighted by molar-refractivity contribution is 6.03. The summed E-state index contributed by atoms with van der Waals surface area (Å²) in [5, 5.41) is 6.06. The molecule has 1 aliphatic rings. The van der Waals surface area contributed by atoms with Crippen molar-refractivity contribution in [2.75, 3.05) is 5.32 Å². The van der Waals surface area contributed by atoms with E-state index in [9.17, 15) is 22.4 Å². The van der Waals surface area contributed by atoms with Crippen LogP contribution < -0.4 is 16.8 Å². The molecule has 1 atom stereocenters. The Morgan fingerprint density at radius 1 is 1.02 bits per heavy atom. The van der Waals surface area contributed by atoms with E-state index in [1.54, 1.807) is 42.7 Å². The van der Waals surface area contributed by atoms with Gasteiger partial charge in [-0.3, -0.25) is 9.78 Å². The molecule has 0 aliphatic heterocycles. The second-order valence-electron chi connectivity index (χ2n) is 10.0. The summed E-state index contributed by atoms with van der Waals surface area (Å²) in [4.78, 5) is 17.4. The summed E-state index contributed by atoms with van der Waals surface area (Å²) in [5.74, 6) is -1.14.